The van der Waals surface area contributed by atoms with Crippen LogP contribution < -0.4 is 5.73 Å². The molecule has 0 saturated heterocycles. The minimum Gasteiger partial charge on any atom is -0.480 e. The molecule has 0 bridgehead atoms. The minimum atomic E-state index is -0.922. The van der Waals surface area contributed by atoms with Crippen LogP contribution in [0.3, 0.4) is 0 Å². The summed E-state index contributed by atoms with van der Waals surface area (Å²) in [6.45, 7) is 2.62. The van der Waals surface area contributed by atoms with Gasteiger partial charge in [0.25, 0.3) is 0 Å². The number of carbonyl (C=O) groups is 2. The van der Waals surface area contributed by atoms with Crippen LogP contribution in [0.2, 0.25) is 0 Å². The van der Waals surface area contributed by atoms with E-state index in [1.165, 1.54) is 24.3 Å². The lowest BCUT2D eigenvalue weighted by molar-refractivity contribution is -0.138. The summed E-state index contributed by atoms with van der Waals surface area (Å²) in [5.41, 5.74) is 7.94. The molecular formula is C18H19FN2O3. The van der Waals surface area contributed by atoms with Crippen LogP contribution in [0.5, 0.6) is 0 Å². The van der Waals surface area contributed by atoms with Gasteiger partial charge >= 0.3 is 5.97 Å². The van der Waals surface area contributed by atoms with Gasteiger partial charge in [0.05, 0.1) is 6.54 Å². The van der Waals surface area contributed by atoms with Crippen LogP contribution in [-0.4, -0.2) is 34.8 Å². The van der Waals surface area contributed by atoms with Gasteiger partial charge < -0.3 is 10.8 Å². The number of likely N-dealkylation sites (N-methyl/N-ethyl adjacent to an activating group) is 1. The summed E-state index contributed by atoms with van der Waals surface area (Å²) in [5.74, 6) is -1.57. The van der Waals surface area contributed by atoms with Gasteiger partial charge in [-0.1, -0.05) is 6.92 Å². The molecule has 0 radical (unpaired) electrons. The summed E-state index contributed by atoms with van der Waals surface area (Å²) in [7, 11) is 0. The third-order valence-electron chi connectivity index (χ3n) is 3.71. The molecule has 5 nitrogen and oxygen atoms in total. The number of nitrogens with zero attached hydrogens (tertiary/aromatic N) is 1. The third kappa shape index (κ3) is 4.39. The Hall–Kier alpha value is -2.73. The number of anilines is 1. The number of hydrogen-bond donors (Lipinski definition) is 2. The molecule has 2 aromatic rings. The fraction of sp³-hybridized carbons (Fsp3) is 0.222. The first-order valence-electron chi connectivity index (χ1n) is 7.53. The lowest BCUT2D eigenvalue weighted by Crippen LogP contribution is -2.29. The Labute approximate surface area is 139 Å². The lowest BCUT2D eigenvalue weighted by atomic mass is 10.00. The van der Waals surface area contributed by atoms with Crippen molar-refractivity contribution in [3.8, 4) is 0 Å². The fourth-order valence-electron chi connectivity index (χ4n) is 2.36. The number of nitrogens with two attached hydrogens (primary N) is 1. The minimum absolute atomic E-state index is 0.105. The first-order valence-corrected chi connectivity index (χ1v) is 7.53. The molecule has 0 aliphatic carbocycles. The maximum atomic E-state index is 13.0. The number of carboxylic acid groups (broad SMARTS) is 1. The molecule has 0 saturated carbocycles. The molecule has 0 atom stereocenters. The zero-order chi connectivity index (χ0) is 17.7. The largest absolute Gasteiger partial charge is 0.480 e. The van der Waals surface area contributed by atoms with Gasteiger partial charge in [0.15, 0.2) is 5.78 Å². The van der Waals surface area contributed by atoms with Crippen molar-refractivity contribution in [1.82, 2.24) is 4.90 Å². The number of rotatable bonds is 7. The van der Waals surface area contributed by atoms with E-state index in [1.54, 1.807) is 23.1 Å². The second-order valence-corrected chi connectivity index (χ2v) is 5.45. The van der Waals surface area contributed by atoms with E-state index in [9.17, 15) is 14.0 Å². The summed E-state index contributed by atoms with van der Waals surface area (Å²) in [6.07, 6.45) is 0. The second kappa shape index (κ2) is 7.70. The maximum absolute atomic E-state index is 13.0. The summed E-state index contributed by atoms with van der Waals surface area (Å²) < 4.78 is 13.0. The predicted octanol–water partition coefficient (Wildman–Crippen LogP) is 2.55. The molecule has 0 fully saturated rings. The molecule has 126 valence electrons. The molecule has 24 heavy (non-hydrogen) atoms. The Morgan fingerprint density at radius 1 is 1.12 bits per heavy atom. The SMILES string of the molecule is CCN(CC(=O)O)Cc1cc(C(=O)c2ccc(F)cc2)ccc1N. The van der Waals surface area contributed by atoms with Crippen LogP contribution in [0.15, 0.2) is 42.5 Å². The second-order valence-electron chi connectivity index (χ2n) is 5.45. The topological polar surface area (TPSA) is 83.6 Å². The average molecular weight is 330 g/mol. The molecule has 0 heterocycles. The quantitative estimate of drug-likeness (QED) is 0.602. The standard InChI is InChI=1S/C18H19FN2O3/c1-2-21(11-17(22)23)10-14-9-13(5-8-16(14)20)18(24)12-3-6-15(19)7-4-12/h3-9H,2,10-11,20H2,1H3,(H,22,23). The Bertz CT molecular complexity index is 744. The third-order valence-corrected chi connectivity index (χ3v) is 3.71. The zero-order valence-corrected chi connectivity index (χ0v) is 13.3. The number of carbonyl (C=O) groups excluding carboxylic acids is 1. The van der Waals surface area contributed by atoms with Gasteiger partial charge in [-0.2, -0.15) is 0 Å². The molecule has 2 aromatic carbocycles. The van der Waals surface area contributed by atoms with Gasteiger partial charge in [-0.15, -0.1) is 0 Å². The molecule has 0 aliphatic heterocycles. The maximum Gasteiger partial charge on any atom is 0.317 e. The van der Waals surface area contributed by atoms with Gasteiger partial charge in [0, 0.05) is 23.4 Å². The zero-order valence-electron chi connectivity index (χ0n) is 13.3. The van der Waals surface area contributed by atoms with Crippen LogP contribution in [0.1, 0.15) is 28.4 Å². The van der Waals surface area contributed by atoms with Crippen LogP contribution in [-0.2, 0) is 11.3 Å². The molecule has 0 aliphatic rings. The Morgan fingerprint density at radius 3 is 2.33 bits per heavy atom. The van der Waals surface area contributed by atoms with E-state index in [-0.39, 0.29) is 12.3 Å². The van der Waals surface area contributed by atoms with Crippen molar-refractivity contribution in [2.45, 2.75) is 13.5 Å². The fourth-order valence-corrected chi connectivity index (χ4v) is 2.36. The molecule has 0 spiro atoms. The summed E-state index contributed by atoms with van der Waals surface area (Å²) in [4.78, 5) is 25.1. The highest BCUT2D eigenvalue weighted by atomic mass is 19.1. The highest BCUT2D eigenvalue weighted by molar-refractivity contribution is 6.09. The number of nitrogen functional groups attached to an aromatic ring is 1. The Kier molecular flexibility index (Phi) is 5.65. The lowest BCUT2D eigenvalue weighted by Gasteiger charge is -2.19. The Morgan fingerprint density at radius 2 is 1.75 bits per heavy atom. The van der Waals surface area contributed by atoms with Crippen molar-refractivity contribution >= 4 is 17.4 Å². The van der Waals surface area contributed by atoms with E-state index >= 15 is 0 Å². The summed E-state index contributed by atoms with van der Waals surface area (Å²) in [5, 5.41) is 8.92. The molecule has 0 unspecified atom stereocenters. The van der Waals surface area contributed by atoms with E-state index in [0.29, 0.717) is 35.5 Å². The van der Waals surface area contributed by atoms with Crippen molar-refractivity contribution in [3.05, 3.63) is 65.0 Å². The number of aliphatic carboxylic acids is 1. The first kappa shape index (κ1) is 17.6. The van der Waals surface area contributed by atoms with Crippen LogP contribution in [0.25, 0.3) is 0 Å². The van der Waals surface area contributed by atoms with Crippen molar-refractivity contribution in [2.24, 2.45) is 0 Å². The molecule has 0 aromatic heterocycles. The van der Waals surface area contributed by atoms with Gasteiger partial charge in [-0.3, -0.25) is 14.5 Å². The summed E-state index contributed by atoms with van der Waals surface area (Å²) in [6, 6.07) is 10.2. The van der Waals surface area contributed by atoms with E-state index < -0.39 is 11.8 Å². The van der Waals surface area contributed by atoms with Crippen molar-refractivity contribution in [3.63, 3.8) is 0 Å². The summed E-state index contributed by atoms with van der Waals surface area (Å²) >= 11 is 0. The van der Waals surface area contributed by atoms with E-state index in [1.807, 2.05) is 6.92 Å². The monoisotopic (exact) mass is 330 g/mol. The van der Waals surface area contributed by atoms with Gasteiger partial charge in [-0.25, -0.2) is 4.39 Å². The predicted molar refractivity (Wildman–Crippen MR) is 89.3 cm³/mol. The molecular weight excluding hydrogens is 311 g/mol. The number of halogens is 1. The smallest absolute Gasteiger partial charge is 0.317 e. The van der Waals surface area contributed by atoms with E-state index in [2.05, 4.69) is 0 Å². The number of carboxylic acids is 1. The van der Waals surface area contributed by atoms with E-state index in [4.69, 9.17) is 10.8 Å². The van der Waals surface area contributed by atoms with Gasteiger partial charge in [0.1, 0.15) is 5.82 Å². The van der Waals surface area contributed by atoms with E-state index in [0.717, 1.165) is 0 Å². The Balaban J connectivity index is 2.25. The van der Waals surface area contributed by atoms with Crippen LogP contribution >= 0.6 is 0 Å². The molecule has 0 amide bonds. The average Bonchev–Trinajstić information content (AvgIpc) is 2.55. The highest BCUT2D eigenvalue weighted by Gasteiger charge is 2.14. The number of hydrogen-bond acceptors (Lipinski definition) is 4. The van der Waals surface area contributed by atoms with Crippen LogP contribution in [0.4, 0.5) is 10.1 Å². The van der Waals surface area contributed by atoms with Crippen molar-refractivity contribution < 1.29 is 19.1 Å². The molecule has 2 rings (SSSR count). The molecule has 3 N–H and O–H groups in total. The number of benzene rings is 2. The normalized spacial score (nSPS) is 10.8. The van der Waals surface area contributed by atoms with Gasteiger partial charge in [-0.05, 0) is 54.6 Å². The number of ketones is 1. The van der Waals surface area contributed by atoms with Crippen molar-refractivity contribution in [1.29, 1.82) is 0 Å². The highest BCUT2D eigenvalue weighted by Crippen LogP contribution is 2.19. The molecule has 6 heteroatoms. The van der Waals surface area contributed by atoms with Gasteiger partial charge in [0.2, 0.25) is 0 Å². The van der Waals surface area contributed by atoms with Crippen molar-refractivity contribution in [2.75, 3.05) is 18.8 Å². The first-order chi connectivity index (χ1) is 11.4. The van der Waals surface area contributed by atoms with Crippen LogP contribution in [0, 0.1) is 5.82 Å².